The minimum atomic E-state index is -0.677. The summed E-state index contributed by atoms with van der Waals surface area (Å²) in [5, 5.41) is 8.40. The largest absolute Gasteiger partial charge is 0.452 e. The highest BCUT2D eigenvalue weighted by molar-refractivity contribution is 6.32. The van der Waals surface area contributed by atoms with Gasteiger partial charge in [-0.15, -0.1) is 0 Å². The Labute approximate surface area is 131 Å². The lowest BCUT2D eigenvalue weighted by Crippen LogP contribution is -2.16. The lowest BCUT2D eigenvalue weighted by atomic mass is 10.2. The summed E-state index contributed by atoms with van der Waals surface area (Å²) in [5.74, 6) is -0.298. The number of hydrogen-bond donors (Lipinski definition) is 1. The van der Waals surface area contributed by atoms with E-state index in [0.29, 0.717) is 23.0 Å². The van der Waals surface area contributed by atoms with Crippen LogP contribution in [0.1, 0.15) is 16.8 Å². The molecule has 0 saturated heterocycles. The molecule has 1 aromatic heterocycles. The minimum Gasteiger partial charge on any atom is -0.452 e. The molecular weight excluding hydrogens is 311 g/mol. The first-order valence-electron chi connectivity index (χ1n) is 6.35. The summed E-state index contributed by atoms with van der Waals surface area (Å²) in [4.78, 5) is 10.9. The Bertz CT molecular complexity index is 698. The molecule has 0 radical (unpaired) electrons. The van der Waals surface area contributed by atoms with Gasteiger partial charge in [0.25, 0.3) is 0 Å². The maximum absolute atomic E-state index is 12.9. The van der Waals surface area contributed by atoms with E-state index in [0.717, 1.165) is 5.56 Å². The fraction of sp³-hybridized carbons (Fsp3) is 0.214. The second-order valence-corrected chi connectivity index (χ2v) is 4.79. The quantitative estimate of drug-likeness (QED) is 0.694. The molecule has 0 unspecified atom stereocenters. The molecular formula is C14H14ClFN4O2. The van der Waals surface area contributed by atoms with E-state index in [4.69, 9.17) is 11.6 Å². The van der Waals surface area contributed by atoms with Crippen LogP contribution in [0.25, 0.3) is 0 Å². The van der Waals surface area contributed by atoms with Gasteiger partial charge in [-0.3, -0.25) is 0 Å². The summed E-state index contributed by atoms with van der Waals surface area (Å²) in [6, 6.07) is 6.08. The number of hydrogen-bond acceptors (Lipinski definition) is 4. The standard InChI is InChI=1S/C14H14ClFN4O2/c1-9-12(7-17-18-14(21)22-2)13(15)20(19-9)8-10-3-5-11(16)6-4-10/h3-7H,8H2,1-2H3,(H,18,21)/b17-7-. The first kappa shape index (κ1) is 16.0. The molecule has 1 N–H and O–H groups in total. The van der Waals surface area contributed by atoms with Gasteiger partial charge in [-0.1, -0.05) is 23.7 Å². The van der Waals surface area contributed by atoms with Crippen LogP contribution in [-0.2, 0) is 11.3 Å². The smallest absolute Gasteiger partial charge is 0.427 e. The van der Waals surface area contributed by atoms with Crippen LogP contribution in [0.2, 0.25) is 5.15 Å². The second-order valence-electron chi connectivity index (χ2n) is 4.44. The number of ether oxygens (including phenoxy) is 1. The predicted octanol–water partition coefficient (Wildman–Crippen LogP) is 2.72. The molecule has 0 spiro atoms. The van der Waals surface area contributed by atoms with Crippen LogP contribution in [0, 0.1) is 12.7 Å². The zero-order chi connectivity index (χ0) is 16.1. The van der Waals surface area contributed by atoms with Crippen molar-refractivity contribution in [2.75, 3.05) is 7.11 Å². The molecule has 0 saturated carbocycles. The number of carbonyl (C=O) groups excluding carboxylic acids is 1. The SMILES string of the molecule is COC(=O)N/N=C\c1c(C)nn(Cc2ccc(F)cc2)c1Cl. The molecule has 6 nitrogen and oxygen atoms in total. The van der Waals surface area contributed by atoms with E-state index in [1.54, 1.807) is 23.7 Å². The zero-order valence-corrected chi connectivity index (χ0v) is 12.8. The average Bonchev–Trinajstić information content (AvgIpc) is 2.76. The number of carbonyl (C=O) groups is 1. The van der Waals surface area contributed by atoms with Crippen LogP contribution >= 0.6 is 11.6 Å². The number of aromatic nitrogens is 2. The number of rotatable bonds is 4. The van der Waals surface area contributed by atoms with Gasteiger partial charge in [0.1, 0.15) is 11.0 Å². The van der Waals surface area contributed by atoms with Crippen LogP contribution in [0.15, 0.2) is 29.4 Å². The van der Waals surface area contributed by atoms with E-state index in [-0.39, 0.29) is 5.82 Å². The van der Waals surface area contributed by atoms with E-state index >= 15 is 0 Å². The van der Waals surface area contributed by atoms with E-state index in [1.165, 1.54) is 25.5 Å². The van der Waals surface area contributed by atoms with Crippen molar-refractivity contribution in [1.82, 2.24) is 15.2 Å². The Hall–Kier alpha value is -2.41. The monoisotopic (exact) mass is 324 g/mol. The van der Waals surface area contributed by atoms with E-state index in [2.05, 4.69) is 20.4 Å². The van der Waals surface area contributed by atoms with Crippen molar-refractivity contribution in [3.8, 4) is 0 Å². The van der Waals surface area contributed by atoms with E-state index in [9.17, 15) is 9.18 Å². The predicted molar refractivity (Wildman–Crippen MR) is 80.6 cm³/mol. The average molecular weight is 325 g/mol. The molecule has 0 aliphatic rings. The Morgan fingerprint density at radius 2 is 2.18 bits per heavy atom. The number of aryl methyl sites for hydroxylation is 1. The molecule has 116 valence electrons. The molecule has 0 bridgehead atoms. The van der Waals surface area contributed by atoms with Crippen LogP contribution in [0.3, 0.4) is 0 Å². The van der Waals surface area contributed by atoms with Gasteiger partial charge in [0, 0.05) is 0 Å². The summed E-state index contributed by atoms with van der Waals surface area (Å²) >= 11 is 6.25. The molecule has 1 amide bonds. The number of nitrogens with one attached hydrogen (secondary N) is 1. The third-order valence-corrected chi connectivity index (χ3v) is 3.29. The van der Waals surface area contributed by atoms with Crippen LogP contribution in [0.5, 0.6) is 0 Å². The van der Waals surface area contributed by atoms with Gasteiger partial charge in [0.2, 0.25) is 0 Å². The summed E-state index contributed by atoms with van der Waals surface area (Å²) in [6.45, 7) is 2.17. The molecule has 2 aromatic rings. The van der Waals surface area contributed by atoms with Gasteiger partial charge in [0.05, 0.1) is 31.1 Å². The molecule has 8 heteroatoms. The van der Waals surface area contributed by atoms with E-state index in [1.807, 2.05) is 0 Å². The lowest BCUT2D eigenvalue weighted by Gasteiger charge is -2.03. The van der Waals surface area contributed by atoms with Gasteiger partial charge in [0.15, 0.2) is 0 Å². The highest BCUT2D eigenvalue weighted by atomic mass is 35.5. The summed E-state index contributed by atoms with van der Waals surface area (Å²) < 4.78 is 18.9. The van der Waals surface area contributed by atoms with E-state index < -0.39 is 6.09 Å². The Balaban J connectivity index is 2.16. The Kier molecular flexibility index (Phi) is 5.11. The van der Waals surface area contributed by atoms with Crippen molar-refractivity contribution in [1.29, 1.82) is 0 Å². The second kappa shape index (κ2) is 7.04. The molecule has 0 atom stereocenters. The maximum atomic E-state index is 12.9. The summed E-state index contributed by atoms with van der Waals surface area (Å²) in [7, 11) is 1.24. The van der Waals surface area contributed by atoms with Gasteiger partial charge < -0.3 is 4.74 Å². The van der Waals surface area contributed by atoms with Crippen molar-refractivity contribution in [2.45, 2.75) is 13.5 Å². The number of nitrogens with zero attached hydrogens (tertiary/aromatic N) is 3. The van der Waals surface area contributed by atoms with Crippen molar-refractivity contribution in [2.24, 2.45) is 5.10 Å². The molecule has 0 aliphatic heterocycles. The van der Waals surface area contributed by atoms with Gasteiger partial charge in [-0.25, -0.2) is 19.3 Å². The normalized spacial score (nSPS) is 10.9. The van der Waals surface area contributed by atoms with Gasteiger partial charge in [-0.2, -0.15) is 10.2 Å². The van der Waals surface area contributed by atoms with Crippen molar-refractivity contribution in [3.05, 3.63) is 52.1 Å². The Morgan fingerprint density at radius 3 is 2.82 bits per heavy atom. The van der Waals surface area contributed by atoms with Gasteiger partial charge >= 0.3 is 6.09 Å². The first-order valence-corrected chi connectivity index (χ1v) is 6.73. The molecule has 0 fully saturated rings. The summed E-state index contributed by atoms with van der Waals surface area (Å²) in [6.07, 6.45) is 0.715. The van der Waals surface area contributed by atoms with Gasteiger partial charge in [-0.05, 0) is 24.6 Å². The minimum absolute atomic E-state index is 0.298. The van der Waals surface area contributed by atoms with Crippen LogP contribution in [0.4, 0.5) is 9.18 Å². The topological polar surface area (TPSA) is 68.5 Å². The third-order valence-electron chi connectivity index (χ3n) is 2.89. The van der Waals surface area contributed by atoms with Crippen molar-refractivity contribution in [3.63, 3.8) is 0 Å². The molecule has 0 aliphatic carbocycles. The molecule has 1 aromatic carbocycles. The lowest BCUT2D eigenvalue weighted by molar-refractivity contribution is 0.171. The molecule has 22 heavy (non-hydrogen) atoms. The zero-order valence-electron chi connectivity index (χ0n) is 12.0. The van der Waals surface area contributed by atoms with Crippen LogP contribution < -0.4 is 5.43 Å². The number of hydrazone groups is 1. The number of amides is 1. The molecule has 2 rings (SSSR count). The number of methoxy groups -OCH3 is 1. The number of halogens is 2. The third kappa shape index (κ3) is 3.82. The summed E-state index contributed by atoms with van der Waals surface area (Å²) in [5.41, 5.74) is 4.27. The fourth-order valence-corrected chi connectivity index (χ4v) is 2.06. The highest BCUT2D eigenvalue weighted by Gasteiger charge is 2.12. The van der Waals surface area contributed by atoms with Crippen molar-refractivity contribution >= 4 is 23.9 Å². The van der Waals surface area contributed by atoms with Crippen LogP contribution in [-0.4, -0.2) is 29.2 Å². The highest BCUT2D eigenvalue weighted by Crippen LogP contribution is 2.19. The maximum Gasteiger partial charge on any atom is 0.427 e. The fourth-order valence-electron chi connectivity index (χ4n) is 1.78. The van der Waals surface area contributed by atoms with Crippen molar-refractivity contribution < 1.29 is 13.9 Å². The number of benzene rings is 1. The Morgan fingerprint density at radius 1 is 1.50 bits per heavy atom. The molecule has 1 heterocycles. The first-order chi connectivity index (χ1) is 10.5.